The molecule has 1 aromatic carbocycles. The van der Waals surface area contributed by atoms with Crippen LogP contribution in [-0.4, -0.2) is 12.1 Å². The van der Waals surface area contributed by atoms with Gasteiger partial charge in [0.05, 0.1) is 5.56 Å². The first kappa shape index (κ1) is 26.3. The Morgan fingerprint density at radius 1 is 0.917 bits per heavy atom. The quantitative estimate of drug-likeness (QED) is 0.354. The highest BCUT2D eigenvalue weighted by atomic mass is 16.5. The van der Waals surface area contributed by atoms with Crippen LogP contribution in [0, 0.1) is 52.3 Å². The Bertz CT molecular complexity index is 892. The minimum Gasteiger partial charge on any atom is -0.458 e. The van der Waals surface area contributed by atoms with E-state index in [4.69, 9.17) is 4.74 Å². The number of rotatable bonds is 7. The number of hydrogen-bond donors (Lipinski definition) is 0. The van der Waals surface area contributed by atoms with E-state index in [9.17, 15) is 4.79 Å². The highest BCUT2D eigenvalue weighted by Crippen LogP contribution is 2.68. The molecule has 2 nitrogen and oxygen atoms in total. The van der Waals surface area contributed by atoms with Gasteiger partial charge < -0.3 is 4.74 Å². The Balaban J connectivity index is 1.33. The molecule has 0 spiro atoms. The van der Waals surface area contributed by atoms with E-state index in [1.54, 1.807) is 0 Å². The maximum Gasteiger partial charge on any atom is 0.338 e. The summed E-state index contributed by atoms with van der Waals surface area (Å²) in [6.45, 7) is 12.5. The molecule has 0 bridgehead atoms. The van der Waals surface area contributed by atoms with Gasteiger partial charge in [-0.1, -0.05) is 72.1 Å². The molecule has 0 heterocycles. The van der Waals surface area contributed by atoms with Crippen molar-refractivity contribution in [2.75, 3.05) is 0 Å². The van der Waals surface area contributed by atoms with E-state index in [1.165, 1.54) is 70.6 Å². The maximum absolute atomic E-state index is 13.1. The molecule has 0 radical (unpaired) electrons. The van der Waals surface area contributed by atoms with Crippen molar-refractivity contribution in [3.63, 3.8) is 0 Å². The SMILES string of the molecule is CC(C)CCC[C@H](C)[C@@H]1CC[C@H]2[C@H]3CC[C@H]4CCCC(OC(=O)c5ccccc5)[C@]4(C)[C@H]3CC[C@@]21C. The van der Waals surface area contributed by atoms with Crippen molar-refractivity contribution in [2.45, 2.75) is 118 Å². The molecule has 4 saturated carbocycles. The summed E-state index contributed by atoms with van der Waals surface area (Å²) in [5.41, 5.74) is 1.37. The summed E-state index contributed by atoms with van der Waals surface area (Å²) in [5.74, 6) is 5.62. The maximum atomic E-state index is 13.1. The Kier molecular flexibility index (Phi) is 7.64. The second-order valence-corrected chi connectivity index (χ2v) is 14.2. The smallest absolute Gasteiger partial charge is 0.338 e. The second kappa shape index (κ2) is 10.5. The summed E-state index contributed by atoms with van der Waals surface area (Å²) in [6, 6.07) is 9.67. The van der Waals surface area contributed by atoms with E-state index in [1.807, 2.05) is 30.3 Å². The van der Waals surface area contributed by atoms with E-state index in [0.29, 0.717) is 11.0 Å². The highest BCUT2D eigenvalue weighted by Gasteiger charge is 2.62. The number of ether oxygens (including phenoxy) is 1. The highest BCUT2D eigenvalue weighted by molar-refractivity contribution is 5.89. The molecule has 1 unspecified atom stereocenters. The van der Waals surface area contributed by atoms with E-state index in [-0.39, 0.29) is 17.5 Å². The molecule has 4 aliphatic rings. The predicted molar refractivity (Wildman–Crippen MR) is 149 cm³/mol. The molecule has 36 heavy (non-hydrogen) atoms. The predicted octanol–water partition coefficient (Wildman–Crippen LogP) is 9.33. The topological polar surface area (TPSA) is 26.3 Å². The summed E-state index contributed by atoms with van der Waals surface area (Å²) in [7, 11) is 0. The van der Waals surface area contributed by atoms with Crippen LogP contribution in [0.25, 0.3) is 0 Å². The van der Waals surface area contributed by atoms with Gasteiger partial charge in [0, 0.05) is 5.41 Å². The van der Waals surface area contributed by atoms with Gasteiger partial charge in [0.15, 0.2) is 0 Å². The molecule has 0 N–H and O–H groups in total. The molecule has 0 aromatic heterocycles. The molecule has 4 aliphatic carbocycles. The van der Waals surface area contributed by atoms with Crippen molar-refractivity contribution < 1.29 is 9.53 Å². The molecule has 0 aliphatic heterocycles. The first-order chi connectivity index (χ1) is 17.2. The van der Waals surface area contributed by atoms with Gasteiger partial charge >= 0.3 is 5.97 Å². The lowest BCUT2D eigenvalue weighted by Crippen LogP contribution is -2.58. The first-order valence-electron chi connectivity index (χ1n) is 15.5. The fraction of sp³-hybridized carbons (Fsp3) is 0.794. The fourth-order valence-corrected chi connectivity index (χ4v) is 10.3. The normalized spacial score (nSPS) is 40.7. The molecular formula is C34H52O2. The van der Waals surface area contributed by atoms with Crippen LogP contribution in [-0.2, 0) is 4.74 Å². The van der Waals surface area contributed by atoms with Crippen LogP contribution in [0.2, 0.25) is 0 Å². The van der Waals surface area contributed by atoms with Gasteiger partial charge in [-0.05, 0) is 117 Å². The molecule has 2 heteroatoms. The minimum atomic E-state index is -0.110. The average molecular weight is 493 g/mol. The van der Waals surface area contributed by atoms with Crippen LogP contribution in [0.15, 0.2) is 30.3 Å². The number of carbonyl (C=O) groups is 1. The number of carbonyl (C=O) groups excluding carboxylic acids is 1. The first-order valence-corrected chi connectivity index (χ1v) is 15.5. The van der Waals surface area contributed by atoms with Gasteiger partial charge in [0.2, 0.25) is 0 Å². The van der Waals surface area contributed by atoms with Crippen molar-refractivity contribution in [1.82, 2.24) is 0 Å². The zero-order chi connectivity index (χ0) is 25.5. The summed E-state index contributed by atoms with van der Waals surface area (Å²) in [4.78, 5) is 13.1. The third-order valence-electron chi connectivity index (χ3n) is 12.1. The average Bonchev–Trinajstić information content (AvgIpc) is 3.22. The number of benzene rings is 1. The molecule has 200 valence electrons. The second-order valence-electron chi connectivity index (χ2n) is 14.2. The number of fused-ring (bicyclic) bond motifs is 5. The van der Waals surface area contributed by atoms with Crippen LogP contribution in [0.3, 0.4) is 0 Å². The molecule has 0 saturated heterocycles. The lowest BCUT2D eigenvalue weighted by molar-refractivity contribution is -0.166. The van der Waals surface area contributed by atoms with Crippen LogP contribution < -0.4 is 0 Å². The van der Waals surface area contributed by atoms with Crippen LogP contribution in [0.5, 0.6) is 0 Å². The van der Waals surface area contributed by atoms with Crippen LogP contribution in [0.1, 0.15) is 122 Å². The Morgan fingerprint density at radius 2 is 1.69 bits per heavy atom. The van der Waals surface area contributed by atoms with Crippen LogP contribution >= 0.6 is 0 Å². The summed E-state index contributed by atoms with van der Waals surface area (Å²) >= 11 is 0. The molecule has 9 atom stereocenters. The lowest BCUT2D eigenvalue weighted by Gasteiger charge is -2.62. The molecule has 0 amide bonds. The van der Waals surface area contributed by atoms with E-state index < -0.39 is 0 Å². The summed E-state index contributed by atoms with van der Waals surface area (Å²) in [5, 5.41) is 0. The van der Waals surface area contributed by atoms with Gasteiger partial charge in [-0.3, -0.25) is 0 Å². The largest absolute Gasteiger partial charge is 0.458 e. The molecule has 5 rings (SSSR count). The molecule has 1 aromatic rings. The van der Waals surface area contributed by atoms with Crippen molar-refractivity contribution in [3.8, 4) is 0 Å². The zero-order valence-corrected chi connectivity index (χ0v) is 23.8. The Labute approximate surface area is 221 Å². The van der Waals surface area contributed by atoms with Crippen molar-refractivity contribution in [3.05, 3.63) is 35.9 Å². The van der Waals surface area contributed by atoms with Gasteiger partial charge in [-0.2, -0.15) is 0 Å². The van der Waals surface area contributed by atoms with E-state index >= 15 is 0 Å². The number of esters is 1. The lowest BCUT2D eigenvalue weighted by atomic mass is 9.44. The zero-order valence-electron chi connectivity index (χ0n) is 23.8. The van der Waals surface area contributed by atoms with Crippen molar-refractivity contribution >= 4 is 5.97 Å². The summed E-state index contributed by atoms with van der Waals surface area (Å²) < 4.78 is 6.42. The van der Waals surface area contributed by atoms with Gasteiger partial charge in [-0.25, -0.2) is 4.79 Å². The third-order valence-corrected chi connectivity index (χ3v) is 12.1. The van der Waals surface area contributed by atoms with Crippen molar-refractivity contribution in [1.29, 1.82) is 0 Å². The fourth-order valence-electron chi connectivity index (χ4n) is 10.3. The molecule has 4 fully saturated rings. The summed E-state index contributed by atoms with van der Waals surface area (Å²) in [6.07, 6.45) is 16.2. The standard InChI is InChI=1S/C34H52O2/c1-23(2)11-9-12-24(3)28-19-20-29-27-18-17-26-15-10-16-31(36-32(35)25-13-7-6-8-14-25)34(26,5)30(27)21-22-33(28,29)4/h6-8,13-14,23-24,26-31H,9-12,15-22H2,1-5H3/t24-,26+,27+,28-,29-,30-,31?,33+,34-/m0/s1. The van der Waals surface area contributed by atoms with E-state index in [0.717, 1.165) is 47.8 Å². The van der Waals surface area contributed by atoms with Gasteiger partial charge in [0.1, 0.15) is 6.10 Å². The number of hydrogen-bond acceptors (Lipinski definition) is 2. The monoisotopic (exact) mass is 492 g/mol. The Hall–Kier alpha value is -1.31. The van der Waals surface area contributed by atoms with E-state index in [2.05, 4.69) is 34.6 Å². The van der Waals surface area contributed by atoms with Gasteiger partial charge in [-0.15, -0.1) is 0 Å². The van der Waals surface area contributed by atoms with Gasteiger partial charge in [0.25, 0.3) is 0 Å². The third kappa shape index (κ3) is 4.58. The van der Waals surface area contributed by atoms with Crippen LogP contribution in [0.4, 0.5) is 0 Å². The Morgan fingerprint density at radius 3 is 2.44 bits per heavy atom. The van der Waals surface area contributed by atoms with Crippen molar-refractivity contribution in [2.24, 2.45) is 52.3 Å². The molecular weight excluding hydrogens is 440 g/mol. The minimum absolute atomic E-state index is 0.0771.